The zero-order chi connectivity index (χ0) is 26.5. The molecule has 38 heavy (non-hydrogen) atoms. The molecule has 0 spiro atoms. The lowest BCUT2D eigenvalue weighted by atomic mass is 9.76. The highest BCUT2D eigenvalue weighted by Gasteiger charge is 2.51. The standard InChI is InChI=1S/C29H40N2O6S/c32-28(30-15-5-4-9-20-7-2-1-3-8-20)24-19-36-29(31-24)27-23(25-12-13-26(27)37-25)18-22-11-6-10-21(17-22)14-16-38(33,34)35/h6,10-11,17,19-20,23,25-27H,1-5,7-9,12-16,18H2,(H,30,32)(H,33,34,35)/t23-,25-,26+,27-/m0/s1. The molecule has 1 aromatic heterocycles. The molecule has 2 aromatic rings. The third kappa shape index (κ3) is 7.04. The van der Waals surface area contributed by atoms with Crippen molar-refractivity contribution in [3.63, 3.8) is 0 Å². The number of benzene rings is 1. The number of unbranched alkanes of at least 4 members (excludes halogenated alkanes) is 1. The predicted octanol–water partition coefficient (Wildman–Crippen LogP) is 5.09. The van der Waals surface area contributed by atoms with E-state index in [0.717, 1.165) is 49.1 Å². The predicted molar refractivity (Wildman–Crippen MR) is 144 cm³/mol. The second-order valence-corrected chi connectivity index (χ2v) is 12.9. The Kier molecular flexibility index (Phi) is 8.85. The number of hydrogen-bond acceptors (Lipinski definition) is 6. The van der Waals surface area contributed by atoms with Gasteiger partial charge < -0.3 is 14.5 Å². The summed E-state index contributed by atoms with van der Waals surface area (Å²) in [6, 6.07) is 7.82. The minimum absolute atomic E-state index is 0.0210. The molecule has 1 aromatic carbocycles. The first-order valence-corrected chi connectivity index (χ1v) is 15.9. The maximum atomic E-state index is 12.7. The molecule has 1 saturated carbocycles. The van der Waals surface area contributed by atoms with Gasteiger partial charge >= 0.3 is 0 Å². The molecule has 1 amide bonds. The molecule has 4 atom stereocenters. The summed E-state index contributed by atoms with van der Waals surface area (Å²) in [5.74, 6) is 1.09. The Hall–Kier alpha value is -2.23. The zero-order valence-corrected chi connectivity index (χ0v) is 22.8. The highest BCUT2D eigenvalue weighted by molar-refractivity contribution is 7.85. The van der Waals surface area contributed by atoms with E-state index in [1.165, 1.54) is 44.8 Å². The van der Waals surface area contributed by atoms with Gasteiger partial charge in [-0.15, -0.1) is 0 Å². The fourth-order valence-electron chi connectivity index (χ4n) is 6.68. The van der Waals surface area contributed by atoms with Gasteiger partial charge in [0.05, 0.1) is 23.9 Å². The van der Waals surface area contributed by atoms with Crippen molar-refractivity contribution in [2.24, 2.45) is 11.8 Å². The number of aryl methyl sites for hydroxylation is 1. The van der Waals surface area contributed by atoms with Gasteiger partial charge in [-0.2, -0.15) is 8.42 Å². The van der Waals surface area contributed by atoms with Gasteiger partial charge in [0.1, 0.15) is 6.26 Å². The number of carbonyl (C=O) groups excluding carboxylic acids is 1. The summed E-state index contributed by atoms with van der Waals surface area (Å²) < 4.78 is 43.5. The molecule has 3 fully saturated rings. The summed E-state index contributed by atoms with van der Waals surface area (Å²) >= 11 is 0. The van der Waals surface area contributed by atoms with E-state index in [9.17, 15) is 13.2 Å². The molecule has 0 radical (unpaired) electrons. The molecule has 3 heterocycles. The molecule has 2 N–H and O–H groups in total. The van der Waals surface area contributed by atoms with Crippen LogP contribution in [0, 0.1) is 11.8 Å². The van der Waals surface area contributed by atoms with E-state index >= 15 is 0 Å². The van der Waals surface area contributed by atoms with Gasteiger partial charge in [-0.05, 0) is 49.1 Å². The normalized spacial score (nSPS) is 25.6. The van der Waals surface area contributed by atoms with Gasteiger partial charge in [-0.1, -0.05) is 69.2 Å². The van der Waals surface area contributed by atoms with Crippen LogP contribution in [0.5, 0.6) is 0 Å². The lowest BCUT2D eigenvalue weighted by molar-refractivity contribution is 0.0898. The van der Waals surface area contributed by atoms with Crippen LogP contribution in [0.2, 0.25) is 0 Å². The van der Waals surface area contributed by atoms with Crippen LogP contribution in [-0.2, 0) is 27.7 Å². The number of aromatic nitrogens is 1. The lowest BCUT2D eigenvalue weighted by Gasteiger charge is -2.26. The number of fused-ring (bicyclic) bond motifs is 2. The summed E-state index contributed by atoms with van der Waals surface area (Å²) in [5.41, 5.74) is 2.28. The van der Waals surface area contributed by atoms with Crippen LogP contribution in [0.3, 0.4) is 0 Å². The van der Waals surface area contributed by atoms with Crippen LogP contribution in [-0.4, -0.2) is 48.4 Å². The topological polar surface area (TPSA) is 119 Å². The first-order chi connectivity index (χ1) is 18.4. The maximum Gasteiger partial charge on any atom is 0.273 e. The summed E-state index contributed by atoms with van der Waals surface area (Å²) in [4.78, 5) is 17.3. The van der Waals surface area contributed by atoms with Gasteiger partial charge in [0.15, 0.2) is 5.69 Å². The van der Waals surface area contributed by atoms with E-state index in [1.807, 2.05) is 24.3 Å². The number of rotatable bonds is 12. The minimum Gasteiger partial charge on any atom is -0.448 e. The second kappa shape index (κ2) is 12.3. The Labute approximate surface area is 225 Å². The lowest BCUT2D eigenvalue weighted by Crippen LogP contribution is -2.28. The number of amides is 1. The average molecular weight is 545 g/mol. The van der Waals surface area contributed by atoms with Crippen molar-refractivity contribution in [3.8, 4) is 0 Å². The Balaban J connectivity index is 1.16. The number of nitrogens with one attached hydrogen (secondary N) is 1. The quantitative estimate of drug-likeness (QED) is 0.282. The van der Waals surface area contributed by atoms with Crippen LogP contribution in [0.1, 0.15) is 97.6 Å². The van der Waals surface area contributed by atoms with Crippen molar-refractivity contribution in [2.75, 3.05) is 12.3 Å². The summed E-state index contributed by atoms with van der Waals surface area (Å²) in [6.07, 6.45) is 14.8. The smallest absolute Gasteiger partial charge is 0.273 e. The Morgan fingerprint density at radius 1 is 1.05 bits per heavy atom. The van der Waals surface area contributed by atoms with E-state index < -0.39 is 10.1 Å². The number of oxazole rings is 1. The van der Waals surface area contributed by atoms with Gasteiger partial charge in [-0.3, -0.25) is 9.35 Å². The van der Waals surface area contributed by atoms with Crippen molar-refractivity contribution >= 4 is 16.0 Å². The van der Waals surface area contributed by atoms with Gasteiger partial charge in [-0.25, -0.2) is 4.98 Å². The highest BCUT2D eigenvalue weighted by Crippen LogP contribution is 2.49. The van der Waals surface area contributed by atoms with E-state index in [0.29, 0.717) is 18.1 Å². The highest BCUT2D eigenvalue weighted by atomic mass is 32.2. The van der Waals surface area contributed by atoms with Gasteiger partial charge in [0, 0.05) is 12.5 Å². The Bertz CT molecular complexity index is 1190. The van der Waals surface area contributed by atoms with E-state index in [2.05, 4.69) is 10.3 Å². The van der Waals surface area contributed by atoms with Gasteiger partial charge in [0.2, 0.25) is 5.89 Å². The molecular formula is C29H40N2O6S. The first kappa shape index (κ1) is 27.3. The average Bonchev–Trinajstić information content (AvgIpc) is 3.65. The Morgan fingerprint density at radius 2 is 1.84 bits per heavy atom. The van der Waals surface area contributed by atoms with Crippen LogP contribution < -0.4 is 5.32 Å². The molecule has 2 aliphatic heterocycles. The molecular weight excluding hydrogens is 504 g/mol. The van der Waals surface area contributed by atoms with Crippen molar-refractivity contribution < 1.29 is 26.9 Å². The van der Waals surface area contributed by atoms with Crippen molar-refractivity contribution in [1.82, 2.24) is 10.3 Å². The monoisotopic (exact) mass is 544 g/mol. The molecule has 3 aliphatic rings. The van der Waals surface area contributed by atoms with E-state index in [-0.39, 0.29) is 42.1 Å². The van der Waals surface area contributed by atoms with Crippen LogP contribution in [0.25, 0.3) is 0 Å². The zero-order valence-electron chi connectivity index (χ0n) is 22.0. The first-order valence-electron chi connectivity index (χ1n) is 14.3. The molecule has 0 unspecified atom stereocenters. The SMILES string of the molecule is O=C(NCCCCC1CCCCC1)c1coc([C@H]2[C@@H](Cc3cccc(CCS(=O)(=O)O)c3)[C@@H]3CC[C@H]2O3)n1. The number of carbonyl (C=O) groups is 1. The molecule has 2 bridgehead atoms. The summed E-state index contributed by atoms with van der Waals surface area (Å²) in [7, 11) is -4.00. The van der Waals surface area contributed by atoms with Crippen LogP contribution in [0.15, 0.2) is 34.9 Å². The Morgan fingerprint density at radius 3 is 2.66 bits per heavy atom. The van der Waals surface area contributed by atoms with E-state index in [1.54, 1.807) is 0 Å². The van der Waals surface area contributed by atoms with Gasteiger partial charge in [0.25, 0.3) is 16.0 Å². The minimum atomic E-state index is -4.00. The molecule has 1 aliphatic carbocycles. The molecule has 2 saturated heterocycles. The van der Waals surface area contributed by atoms with E-state index in [4.69, 9.17) is 13.7 Å². The largest absolute Gasteiger partial charge is 0.448 e. The third-order valence-corrected chi connectivity index (χ3v) is 9.35. The fourth-order valence-corrected chi connectivity index (χ4v) is 7.17. The summed E-state index contributed by atoms with van der Waals surface area (Å²) in [6.45, 7) is 0.654. The van der Waals surface area contributed by atoms with Crippen molar-refractivity contribution in [1.29, 1.82) is 0 Å². The maximum absolute atomic E-state index is 12.7. The summed E-state index contributed by atoms with van der Waals surface area (Å²) in [5, 5.41) is 3.00. The number of hydrogen-bond donors (Lipinski definition) is 2. The molecule has 8 nitrogen and oxygen atoms in total. The van der Waals surface area contributed by atoms with Crippen molar-refractivity contribution in [3.05, 3.63) is 53.2 Å². The molecule has 208 valence electrons. The molecule has 5 rings (SSSR count). The number of nitrogens with zero attached hydrogens (tertiary/aromatic N) is 1. The third-order valence-electron chi connectivity index (χ3n) is 8.63. The second-order valence-electron chi connectivity index (χ2n) is 11.4. The van der Waals surface area contributed by atoms with Crippen LogP contribution in [0.4, 0.5) is 0 Å². The molecule has 9 heteroatoms. The van der Waals surface area contributed by atoms with Crippen molar-refractivity contribution in [2.45, 2.75) is 95.2 Å². The van der Waals surface area contributed by atoms with Crippen LogP contribution >= 0.6 is 0 Å². The number of ether oxygens (including phenoxy) is 1. The fraction of sp³-hybridized carbons (Fsp3) is 0.655.